The minimum atomic E-state index is -3.05. The maximum absolute atomic E-state index is 12.5. The number of aromatic nitrogens is 1. The zero-order chi connectivity index (χ0) is 21.0. The first-order valence-corrected chi connectivity index (χ1v) is 8.37. The molecule has 9 heteroatoms. The van der Waals surface area contributed by atoms with Crippen molar-refractivity contribution >= 4 is 23.3 Å². The first-order valence-electron chi connectivity index (χ1n) is 8.37. The maximum atomic E-state index is 12.5. The van der Waals surface area contributed by atoms with E-state index in [-0.39, 0.29) is 22.9 Å². The first kappa shape index (κ1) is 21.1. The Labute approximate surface area is 160 Å². The average molecular weight is 394 g/mol. The molecule has 7 nitrogen and oxygen atoms in total. The summed E-state index contributed by atoms with van der Waals surface area (Å²) in [5.41, 5.74) is 1.43. The van der Waals surface area contributed by atoms with Crippen molar-refractivity contribution in [3.05, 3.63) is 46.8 Å². The number of carbonyl (C=O) groups excluding carboxylic acids is 3. The number of carbonyl (C=O) groups is 3. The second kappa shape index (κ2) is 8.64. The molecule has 0 fully saturated rings. The highest BCUT2D eigenvalue weighted by molar-refractivity contribution is 6.02. The summed E-state index contributed by atoms with van der Waals surface area (Å²) < 4.78 is 34.4. The number of nitrogens with one attached hydrogen (secondary N) is 2. The van der Waals surface area contributed by atoms with Gasteiger partial charge in [0, 0.05) is 11.3 Å². The third kappa shape index (κ3) is 4.73. The van der Waals surface area contributed by atoms with Crippen molar-refractivity contribution in [2.45, 2.75) is 40.4 Å². The lowest BCUT2D eigenvalue weighted by molar-refractivity contribution is -0.123. The van der Waals surface area contributed by atoms with Gasteiger partial charge in [-0.3, -0.25) is 9.59 Å². The normalized spacial score (nSPS) is 11.8. The number of halogens is 2. The van der Waals surface area contributed by atoms with Gasteiger partial charge in [-0.1, -0.05) is 12.1 Å². The smallest absolute Gasteiger partial charge is 0.387 e. The zero-order valence-corrected chi connectivity index (χ0v) is 15.8. The predicted molar refractivity (Wildman–Crippen MR) is 96.9 cm³/mol. The number of rotatable bonds is 7. The summed E-state index contributed by atoms with van der Waals surface area (Å²) in [4.78, 5) is 39.1. The molecule has 2 N–H and O–H groups in total. The van der Waals surface area contributed by atoms with Gasteiger partial charge < -0.3 is 19.8 Å². The molecule has 0 aliphatic rings. The molecule has 0 saturated heterocycles. The van der Waals surface area contributed by atoms with Crippen LogP contribution in [0.3, 0.4) is 0 Å². The van der Waals surface area contributed by atoms with Crippen LogP contribution in [0.25, 0.3) is 0 Å². The number of hydrogen-bond acceptors (Lipinski definition) is 5. The largest absolute Gasteiger partial charge is 0.448 e. The minimum absolute atomic E-state index is 0.0152. The van der Waals surface area contributed by atoms with Crippen LogP contribution in [-0.4, -0.2) is 35.4 Å². The van der Waals surface area contributed by atoms with E-state index in [0.29, 0.717) is 16.8 Å². The Kier molecular flexibility index (Phi) is 6.50. The van der Waals surface area contributed by atoms with Crippen LogP contribution in [0.4, 0.5) is 14.5 Å². The van der Waals surface area contributed by atoms with E-state index >= 15 is 0 Å². The number of hydrogen-bond donors (Lipinski definition) is 2. The summed E-state index contributed by atoms with van der Waals surface area (Å²) in [6.07, 6.45) is -1.23. The van der Waals surface area contributed by atoms with E-state index in [1.54, 1.807) is 13.8 Å². The number of ketones is 1. The average Bonchev–Trinajstić information content (AvgIpc) is 2.90. The lowest BCUT2D eigenvalue weighted by Crippen LogP contribution is -2.30. The molecule has 0 saturated carbocycles. The topological polar surface area (TPSA) is 97.5 Å². The fourth-order valence-electron chi connectivity index (χ4n) is 2.76. The van der Waals surface area contributed by atoms with Gasteiger partial charge in [-0.2, -0.15) is 8.78 Å². The molecule has 1 atom stereocenters. The molecular weight excluding hydrogens is 374 g/mol. The van der Waals surface area contributed by atoms with Crippen molar-refractivity contribution in [3.63, 3.8) is 0 Å². The summed E-state index contributed by atoms with van der Waals surface area (Å²) >= 11 is 0. The molecule has 150 valence electrons. The van der Waals surface area contributed by atoms with Crippen molar-refractivity contribution < 1.29 is 32.6 Å². The van der Waals surface area contributed by atoms with E-state index in [0.717, 1.165) is 0 Å². The number of H-pyrrole nitrogens is 1. The van der Waals surface area contributed by atoms with Gasteiger partial charge in [0.25, 0.3) is 5.91 Å². The summed E-state index contributed by atoms with van der Waals surface area (Å²) in [7, 11) is 0. The molecule has 0 aliphatic carbocycles. The predicted octanol–water partition coefficient (Wildman–Crippen LogP) is 3.62. The van der Waals surface area contributed by atoms with Crippen molar-refractivity contribution in [3.8, 4) is 5.75 Å². The molecular formula is C19H20F2N2O5. The molecule has 1 heterocycles. The van der Waals surface area contributed by atoms with Gasteiger partial charge in [0.05, 0.1) is 5.69 Å². The van der Waals surface area contributed by atoms with Crippen LogP contribution in [0.15, 0.2) is 24.3 Å². The molecule has 0 bridgehead atoms. The Morgan fingerprint density at radius 3 is 2.36 bits per heavy atom. The number of esters is 1. The summed E-state index contributed by atoms with van der Waals surface area (Å²) in [5, 5.41) is 2.38. The highest BCUT2D eigenvalue weighted by Crippen LogP contribution is 2.26. The number of aryl methyl sites for hydroxylation is 1. The number of benzene rings is 1. The van der Waals surface area contributed by atoms with Crippen LogP contribution in [0.5, 0.6) is 5.75 Å². The molecule has 1 aromatic heterocycles. The molecule has 0 spiro atoms. The van der Waals surface area contributed by atoms with Crippen LogP contribution < -0.4 is 10.1 Å². The number of anilines is 1. The Morgan fingerprint density at radius 2 is 1.79 bits per heavy atom. The van der Waals surface area contributed by atoms with Crippen molar-refractivity contribution in [2.75, 3.05) is 5.32 Å². The van der Waals surface area contributed by atoms with E-state index in [1.165, 1.54) is 38.1 Å². The number of alkyl halides is 2. The molecule has 0 unspecified atom stereocenters. The fraction of sp³-hybridized carbons (Fsp3) is 0.316. The van der Waals surface area contributed by atoms with Gasteiger partial charge in [0.2, 0.25) is 0 Å². The first-order chi connectivity index (χ1) is 13.1. The molecule has 2 aromatic rings. The summed E-state index contributed by atoms with van der Waals surface area (Å²) in [5.74, 6) is -1.96. The van der Waals surface area contributed by atoms with E-state index in [2.05, 4.69) is 15.0 Å². The number of aromatic amines is 1. The molecule has 1 amide bonds. The minimum Gasteiger partial charge on any atom is -0.448 e. The molecule has 0 aliphatic heterocycles. The monoisotopic (exact) mass is 394 g/mol. The van der Waals surface area contributed by atoms with Gasteiger partial charge in [-0.15, -0.1) is 0 Å². The molecule has 1 aromatic carbocycles. The Bertz CT molecular complexity index is 908. The van der Waals surface area contributed by atoms with Gasteiger partial charge in [-0.05, 0) is 45.4 Å². The number of para-hydroxylation sites is 2. The second-order valence-corrected chi connectivity index (χ2v) is 6.09. The van der Waals surface area contributed by atoms with Gasteiger partial charge >= 0.3 is 12.6 Å². The maximum Gasteiger partial charge on any atom is 0.387 e. The molecule has 0 radical (unpaired) electrons. The van der Waals surface area contributed by atoms with Gasteiger partial charge in [0.1, 0.15) is 11.4 Å². The van der Waals surface area contributed by atoms with Crippen molar-refractivity contribution in [1.82, 2.24) is 4.98 Å². The molecule has 28 heavy (non-hydrogen) atoms. The Balaban J connectivity index is 2.10. The quantitative estimate of drug-likeness (QED) is 0.552. The SMILES string of the molecule is CC(=O)c1c(C)[nH]c(C(=O)O[C@H](C)C(=O)Nc2ccccc2OC(F)F)c1C. The van der Waals surface area contributed by atoms with Crippen LogP contribution >= 0.6 is 0 Å². The summed E-state index contributed by atoms with van der Waals surface area (Å²) in [6.45, 7) is 2.91. The van der Waals surface area contributed by atoms with Crippen LogP contribution in [-0.2, 0) is 9.53 Å². The summed E-state index contributed by atoms with van der Waals surface area (Å²) in [6, 6.07) is 5.65. The van der Waals surface area contributed by atoms with Crippen LogP contribution in [0.1, 0.15) is 46.0 Å². The third-order valence-electron chi connectivity index (χ3n) is 4.01. The van der Waals surface area contributed by atoms with Crippen LogP contribution in [0.2, 0.25) is 0 Å². The zero-order valence-electron chi connectivity index (χ0n) is 15.8. The van der Waals surface area contributed by atoms with Crippen LogP contribution in [0, 0.1) is 13.8 Å². The van der Waals surface area contributed by atoms with Gasteiger partial charge in [-0.25, -0.2) is 4.79 Å². The number of Topliss-reactive ketones (excluding diaryl/α,β-unsaturated/α-hetero) is 1. The number of amides is 1. The van der Waals surface area contributed by atoms with E-state index in [9.17, 15) is 23.2 Å². The van der Waals surface area contributed by atoms with E-state index in [1.807, 2.05) is 0 Å². The lowest BCUT2D eigenvalue weighted by Gasteiger charge is -2.15. The van der Waals surface area contributed by atoms with E-state index in [4.69, 9.17) is 4.74 Å². The third-order valence-corrected chi connectivity index (χ3v) is 4.01. The fourth-order valence-corrected chi connectivity index (χ4v) is 2.76. The molecule has 2 rings (SSSR count). The highest BCUT2D eigenvalue weighted by atomic mass is 19.3. The Hall–Kier alpha value is -3.23. The highest BCUT2D eigenvalue weighted by Gasteiger charge is 2.25. The Morgan fingerprint density at radius 1 is 1.14 bits per heavy atom. The standard InChI is InChI=1S/C19H20F2N2O5/c1-9-15(11(3)24)10(2)22-16(9)18(26)27-12(4)17(25)23-13-7-5-6-8-14(13)28-19(20)21/h5-8,12,19,22H,1-4H3,(H,23,25)/t12-/m1/s1. The van der Waals surface area contributed by atoms with Gasteiger partial charge in [0.15, 0.2) is 11.9 Å². The van der Waals surface area contributed by atoms with E-state index < -0.39 is 24.6 Å². The number of ether oxygens (including phenoxy) is 2. The van der Waals surface area contributed by atoms with Crippen molar-refractivity contribution in [1.29, 1.82) is 0 Å². The second-order valence-electron chi connectivity index (χ2n) is 6.09. The van der Waals surface area contributed by atoms with Crippen molar-refractivity contribution in [2.24, 2.45) is 0 Å². The lowest BCUT2D eigenvalue weighted by atomic mass is 10.1.